The molecule has 0 aromatic carbocycles. The van der Waals surface area contributed by atoms with Gasteiger partial charge < -0.3 is 9.47 Å². The molecule has 2 saturated heterocycles. The molecule has 0 aromatic heterocycles. The van der Waals surface area contributed by atoms with Crippen molar-refractivity contribution in [1.29, 1.82) is 0 Å². The Morgan fingerprint density at radius 3 is 1.15 bits per heavy atom. The standard InChI is InChI=1S/C16H18O4/c1-3(17)5-9-7-8-10(5)14-16(20-14)12(8)6(4(2)18)11(7)15-13(9)19-15/h5-16H,1-2H3. The number of Topliss-reactive ketones (excluding diaryl/α,β-unsaturated/α-hetero) is 2. The van der Waals surface area contributed by atoms with Gasteiger partial charge in [-0.25, -0.2) is 0 Å². The van der Waals surface area contributed by atoms with Crippen LogP contribution in [0.4, 0.5) is 0 Å². The zero-order chi connectivity index (χ0) is 13.5. The highest BCUT2D eigenvalue weighted by Gasteiger charge is 2.84. The van der Waals surface area contributed by atoms with Crippen molar-refractivity contribution in [2.45, 2.75) is 38.3 Å². The summed E-state index contributed by atoms with van der Waals surface area (Å²) in [5, 5.41) is 0. The van der Waals surface area contributed by atoms with Gasteiger partial charge in [-0.2, -0.15) is 0 Å². The number of carbonyl (C=O) groups is 2. The van der Waals surface area contributed by atoms with Crippen LogP contribution in [-0.2, 0) is 19.1 Å². The predicted molar refractivity (Wildman–Crippen MR) is 66.6 cm³/mol. The van der Waals surface area contributed by atoms with E-state index in [1.54, 1.807) is 13.8 Å². The lowest BCUT2D eigenvalue weighted by Gasteiger charge is -2.25. The second-order valence-corrected chi connectivity index (χ2v) is 7.87. The summed E-state index contributed by atoms with van der Waals surface area (Å²) in [5.41, 5.74) is 0. The molecule has 0 N–H and O–H groups in total. The first kappa shape index (κ1) is 10.9. The van der Waals surface area contributed by atoms with E-state index in [1.807, 2.05) is 0 Å². The second-order valence-electron chi connectivity index (χ2n) is 7.87. The molecule has 0 spiro atoms. The van der Waals surface area contributed by atoms with E-state index in [2.05, 4.69) is 0 Å². The number of hydrogen-bond donors (Lipinski definition) is 0. The molecule has 6 fully saturated rings. The fourth-order valence-electron chi connectivity index (χ4n) is 7.30. The lowest BCUT2D eigenvalue weighted by atomic mass is 9.80. The van der Waals surface area contributed by atoms with Crippen molar-refractivity contribution in [3.63, 3.8) is 0 Å². The van der Waals surface area contributed by atoms with Gasteiger partial charge in [0.15, 0.2) is 0 Å². The van der Waals surface area contributed by atoms with E-state index >= 15 is 0 Å². The van der Waals surface area contributed by atoms with Crippen molar-refractivity contribution in [1.82, 2.24) is 0 Å². The Balaban J connectivity index is 1.55. The molecule has 0 bridgehead atoms. The van der Waals surface area contributed by atoms with Crippen molar-refractivity contribution in [3.05, 3.63) is 0 Å². The fraction of sp³-hybridized carbons (Fsp3) is 0.875. The summed E-state index contributed by atoms with van der Waals surface area (Å²) in [6.07, 6.45) is 1.07. The zero-order valence-electron chi connectivity index (χ0n) is 11.6. The summed E-state index contributed by atoms with van der Waals surface area (Å²) in [6.45, 7) is 3.48. The summed E-state index contributed by atoms with van der Waals surface area (Å²) >= 11 is 0. The van der Waals surface area contributed by atoms with E-state index in [9.17, 15) is 9.59 Å². The van der Waals surface area contributed by atoms with Crippen molar-refractivity contribution in [3.8, 4) is 0 Å². The van der Waals surface area contributed by atoms with Crippen molar-refractivity contribution in [2.24, 2.45) is 47.3 Å². The van der Waals surface area contributed by atoms with Crippen molar-refractivity contribution in [2.75, 3.05) is 0 Å². The maximum Gasteiger partial charge on any atom is 0.133 e. The lowest BCUT2D eigenvalue weighted by Crippen LogP contribution is -2.31. The molecular weight excluding hydrogens is 256 g/mol. The van der Waals surface area contributed by atoms with Gasteiger partial charge in [-0.1, -0.05) is 0 Å². The normalized spacial score (nSPS) is 69.5. The molecule has 2 aliphatic heterocycles. The first-order valence-corrected chi connectivity index (χ1v) is 7.93. The average molecular weight is 274 g/mol. The summed E-state index contributed by atoms with van der Waals surface area (Å²) in [7, 11) is 0. The number of fused-ring (bicyclic) bond motifs is 6. The van der Waals surface area contributed by atoms with Crippen LogP contribution in [0.1, 0.15) is 13.8 Å². The highest BCUT2D eigenvalue weighted by molar-refractivity contribution is 5.83. The molecule has 0 radical (unpaired) electrons. The number of carbonyl (C=O) groups excluding carboxylic acids is 2. The SMILES string of the molecule is CC(=O)C1C2C3OC3C3C(C(C)=O)C4C5OC5C1C4C23. The van der Waals surface area contributed by atoms with Crippen LogP contribution in [0.25, 0.3) is 0 Å². The highest BCUT2D eigenvalue weighted by atomic mass is 16.6. The molecule has 0 aromatic rings. The molecule has 4 aliphatic carbocycles. The average Bonchev–Trinajstić information content (AvgIpc) is 3.19. The van der Waals surface area contributed by atoms with Gasteiger partial charge in [-0.3, -0.25) is 9.59 Å². The van der Waals surface area contributed by atoms with E-state index < -0.39 is 0 Å². The molecular formula is C16H18O4. The zero-order valence-corrected chi connectivity index (χ0v) is 11.6. The molecule has 6 rings (SSSR count). The molecule has 6 aliphatic rings. The third-order valence-electron chi connectivity index (χ3n) is 7.46. The minimum absolute atomic E-state index is 0.137. The van der Waals surface area contributed by atoms with Gasteiger partial charge in [-0.05, 0) is 25.7 Å². The van der Waals surface area contributed by atoms with Gasteiger partial charge in [0.25, 0.3) is 0 Å². The molecule has 4 heteroatoms. The van der Waals surface area contributed by atoms with Crippen LogP contribution in [0.15, 0.2) is 0 Å². The van der Waals surface area contributed by atoms with Gasteiger partial charge in [0.2, 0.25) is 0 Å². The van der Waals surface area contributed by atoms with Gasteiger partial charge >= 0.3 is 0 Å². The van der Waals surface area contributed by atoms with Crippen LogP contribution >= 0.6 is 0 Å². The number of hydrogen-bond acceptors (Lipinski definition) is 4. The molecule has 2 heterocycles. The van der Waals surface area contributed by atoms with Crippen LogP contribution < -0.4 is 0 Å². The fourth-order valence-corrected chi connectivity index (χ4v) is 7.30. The second kappa shape index (κ2) is 2.91. The summed E-state index contributed by atoms with van der Waals surface area (Å²) in [6, 6.07) is 0. The van der Waals surface area contributed by atoms with E-state index in [0.717, 1.165) is 0 Å². The minimum Gasteiger partial charge on any atom is -0.369 e. The Hall–Kier alpha value is -0.740. The largest absolute Gasteiger partial charge is 0.369 e. The molecule has 8 atom stereocenters. The van der Waals surface area contributed by atoms with Crippen molar-refractivity contribution < 1.29 is 19.1 Å². The van der Waals surface area contributed by atoms with Gasteiger partial charge in [0.1, 0.15) is 11.6 Å². The Bertz CT molecular complexity index is 489. The van der Waals surface area contributed by atoms with E-state index in [4.69, 9.17) is 9.47 Å². The number of ketones is 2. The summed E-state index contributed by atoms with van der Waals surface area (Å²) < 4.78 is 11.8. The summed E-state index contributed by atoms with van der Waals surface area (Å²) in [5.74, 6) is 3.57. The van der Waals surface area contributed by atoms with E-state index in [1.165, 1.54) is 0 Å². The van der Waals surface area contributed by atoms with Crippen LogP contribution in [0.5, 0.6) is 0 Å². The van der Waals surface area contributed by atoms with E-state index in [-0.39, 0.29) is 36.3 Å². The highest BCUT2D eigenvalue weighted by Crippen LogP contribution is 2.78. The molecule has 8 unspecified atom stereocenters. The first-order valence-electron chi connectivity index (χ1n) is 7.93. The minimum atomic E-state index is 0.137. The van der Waals surface area contributed by atoms with Crippen LogP contribution in [0, 0.1) is 47.3 Å². The Kier molecular flexibility index (Phi) is 1.59. The Labute approximate surface area is 117 Å². The molecule has 20 heavy (non-hydrogen) atoms. The molecule has 4 nitrogen and oxygen atoms in total. The Morgan fingerprint density at radius 2 is 0.900 bits per heavy atom. The quantitative estimate of drug-likeness (QED) is 0.695. The molecule has 0 amide bonds. The third kappa shape index (κ3) is 0.899. The third-order valence-corrected chi connectivity index (χ3v) is 7.46. The first-order chi connectivity index (χ1) is 9.61. The van der Waals surface area contributed by atoms with Crippen LogP contribution in [-0.4, -0.2) is 36.0 Å². The lowest BCUT2D eigenvalue weighted by molar-refractivity contribution is -0.125. The predicted octanol–water partition coefficient (Wildman–Crippen LogP) is 0.683. The Morgan fingerprint density at radius 1 is 0.600 bits per heavy atom. The molecule has 106 valence electrons. The monoisotopic (exact) mass is 274 g/mol. The number of rotatable bonds is 2. The van der Waals surface area contributed by atoms with Crippen LogP contribution in [0.3, 0.4) is 0 Å². The molecule has 4 saturated carbocycles. The number of ether oxygens (including phenoxy) is 2. The summed E-state index contributed by atoms with van der Waals surface area (Å²) in [4.78, 5) is 24.4. The van der Waals surface area contributed by atoms with Gasteiger partial charge in [-0.15, -0.1) is 0 Å². The van der Waals surface area contributed by atoms with Crippen molar-refractivity contribution >= 4 is 11.6 Å². The van der Waals surface area contributed by atoms with E-state index in [0.29, 0.717) is 47.1 Å². The topological polar surface area (TPSA) is 59.2 Å². The maximum atomic E-state index is 12.2. The number of epoxide rings is 2. The smallest absolute Gasteiger partial charge is 0.133 e. The van der Waals surface area contributed by atoms with Crippen LogP contribution in [0.2, 0.25) is 0 Å². The maximum absolute atomic E-state index is 12.2. The van der Waals surface area contributed by atoms with Gasteiger partial charge in [0.05, 0.1) is 24.4 Å². The van der Waals surface area contributed by atoms with Gasteiger partial charge in [0, 0.05) is 35.5 Å².